The summed E-state index contributed by atoms with van der Waals surface area (Å²) < 4.78 is 6.29. The summed E-state index contributed by atoms with van der Waals surface area (Å²) in [4.78, 5) is 2.71. The minimum absolute atomic E-state index is 0.467. The van der Waals surface area contributed by atoms with Gasteiger partial charge in [-0.3, -0.25) is 4.90 Å². The lowest BCUT2D eigenvalue weighted by Gasteiger charge is -2.49. The molecule has 3 nitrogen and oxygen atoms in total. The normalized spacial score (nSPS) is 25.6. The Hall–Kier alpha value is 0.447. The van der Waals surface area contributed by atoms with Gasteiger partial charge in [-0.25, -0.2) is 0 Å². The van der Waals surface area contributed by atoms with Crippen LogP contribution in [0.2, 0.25) is 13.1 Å². The van der Waals surface area contributed by atoms with Gasteiger partial charge in [0.15, 0.2) is 0 Å². The van der Waals surface area contributed by atoms with Crippen molar-refractivity contribution >= 4 is 20.9 Å². The average molecular weight is 333 g/mol. The van der Waals surface area contributed by atoms with Crippen molar-refractivity contribution in [3.8, 4) is 0 Å². The third-order valence-electron chi connectivity index (χ3n) is 4.83. The molecule has 1 rings (SSSR count). The first-order valence-electron chi connectivity index (χ1n) is 8.63. The predicted octanol–water partition coefficient (Wildman–Crippen LogP) is 3.16. The van der Waals surface area contributed by atoms with Crippen LogP contribution in [0, 0.1) is 5.92 Å². The van der Waals surface area contributed by atoms with Gasteiger partial charge in [0.05, 0.1) is 0 Å². The van der Waals surface area contributed by atoms with Crippen molar-refractivity contribution < 1.29 is 4.43 Å². The second-order valence-electron chi connectivity index (χ2n) is 6.99. The average Bonchev–Trinajstić information content (AvgIpc) is 2.41. The number of rotatable bonds is 8. The zero-order valence-corrected chi connectivity index (χ0v) is 16.7. The number of hydrogen-bond acceptors (Lipinski definition) is 4. The van der Waals surface area contributed by atoms with Crippen molar-refractivity contribution in [3.05, 3.63) is 0 Å². The number of nitrogens with one attached hydrogen (secondary N) is 1. The molecule has 4 atom stereocenters. The fourth-order valence-corrected chi connectivity index (χ4v) is 8.01. The predicted molar refractivity (Wildman–Crippen MR) is 98.8 cm³/mol. The number of piperazine rings is 1. The Morgan fingerprint density at radius 3 is 2.57 bits per heavy atom. The maximum atomic E-state index is 6.29. The minimum atomic E-state index is -1.77. The molecule has 1 aliphatic rings. The molecule has 1 heterocycles. The van der Waals surface area contributed by atoms with E-state index in [1.54, 1.807) is 0 Å². The molecule has 0 aromatic heterocycles. The number of thiol groups is 1. The van der Waals surface area contributed by atoms with Crippen LogP contribution in [-0.2, 0) is 4.43 Å². The third kappa shape index (κ3) is 5.24. The molecular weight excluding hydrogens is 296 g/mol. The molecule has 21 heavy (non-hydrogen) atoms. The molecule has 126 valence electrons. The first kappa shape index (κ1) is 19.5. The van der Waals surface area contributed by atoms with E-state index in [0.717, 1.165) is 26.2 Å². The Morgan fingerprint density at radius 2 is 2.05 bits per heavy atom. The molecule has 4 unspecified atom stereocenters. The van der Waals surface area contributed by atoms with E-state index >= 15 is 0 Å². The molecule has 0 aliphatic carbocycles. The topological polar surface area (TPSA) is 24.5 Å². The highest BCUT2D eigenvalue weighted by atomic mass is 32.1. The second kappa shape index (κ2) is 8.92. The van der Waals surface area contributed by atoms with Crippen LogP contribution in [0.1, 0.15) is 40.5 Å². The van der Waals surface area contributed by atoms with Gasteiger partial charge in [-0.05, 0) is 39.3 Å². The SMILES string of the molecule is CCCC(S)C(C)C(N1CCNCC1C)[Si](C)(C)OCC. The lowest BCUT2D eigenvalue weighted by molar-refractivity contribution is 0.105. The van der Waals surface area contributed by atoms with E-state index in [2.05, 4.69) is 51.0 Å². The summed E-state index contributed by atoms with van der Waals surface area (Å²) in [5.41, 5.74) is 0.545. The van der Waals surface area contributed by atoms with E-state index in [0.29, 0.717) is 22.9 Å². The van der Waals surface area contributed by atoms with Crippen molar-refractivity contribution in [3.63, 3.8) is 0 Å². The molecule has 0 aromatic rings. The summed E-state index contributed by atoms with van der Waals surface area (Å²) in [7, 11) is -1.77. The zero-order chi connectivity index (χ0) is 16.0. The van der Waals surface area contributed by atoms with Gasteiger partial charge in [0, 0.05) is 43.2 Å². The highest BCUT2D eigenvalue weighted by Crippen LogP contribution is 2.31. The quantitative estimate of drug-likeness (QED) is 0.527. The van der Waals surface area contributed by atoms with Crippen molar-refractivity contribution in [2.45, 2.75) is 70.6 Å². The van der Waals surface area contributed by atoms with Crippen LogP contribution < -0.4 is 5.32 Å². The first-order chi connectivity index (χ1) is 9.85. The van der Waals surface area contributed by atoms with Gasteiger partial charge >= 0.3 is 0 Å². The van der Waals surface area contributed by atoms with E-state index in [-0.39, 0.29) is 0 Å². The van der Waals surface area contributed by atoms with Gasteiger partial charge in [-0.15, -0.1) is 0 Å². The smallest absolute Gasteiger partial charge is 0.203 e. The van der Waals surface area contributed by atoms with Crippen molar-refractivity contribution in [1.82, 2.24) is 10.2 Å². The summed E-state index contributed by atoms with van der Waals surface area (Å²) in [6.07, 6.45) is 2.40. The van der Waals surface area contributed by atoms with Crippen LogP contribution in [-0.4, -0.2) is 56.4 Å². The van der Waals surface area contributed by atoms with Crippen LogP contribution in [0.5, 0.6) is 0 Å². The highest BCUT2D eigenvalue weighted by Gasteiger charge is 2.44. The first-order valence-corrected chi connectivity index (χ1v) is 12.1. The molecule has 1 N–H and O–H groups in total. The Bertz CT molecular complexity index is 304. The Morgan fingerprint density at radius 1 is 1.38 bits per heavy atom. The molecule has 0 saturated carbocycles. The van der Waals surface area contributed by atoms with Crippen LogP contribution in [0.4, 0.5) is 0 Å². The van der Waals surface area contributed by atoms with E-state index in [1.807, 2.05) is 0 Å². The van der Waals surface area contributed by atoms with Crippen molar-refractivity contribution in [2.75, 3.05) is 26.2 Å². The molecule has 5 heteroatoms. The fraction of sp³-hybridized carbons (Fsp3) is 1.00. The summed E-state index contributed by atoms with van der Waals surface area (Å²) in [6, 6.07) is 0.584. The van der Waals surface area contributed by atoms with Crippen molar-refractivity contribution in [1.29, 1.82) is 0 Å². The molecule has 0 aromatic carbocycles. The maximum Gasteiger partial charge on any atom is 0.203 e. The van der Waals surface area contributed by atoms with Gasteiger partial charge in [0.2, 0.25) is 8.32 Å². The number of nitrogens with zero attached hydrogens (tertiary/aromatic N) is 1. The molecule has 0 radical (unpaired) electrons. The van der Waals surface area contributed by atoms with Crippen LogP contribution in [0.3, 0.4) is 0 Å². The summed E-state index contributed by atoms with van der Waals surface area (Å²) in [6.45, 7) is 18.0. The standard InChI is InChI=1S/C16H36N2OSSi/c1-7-9-15(20)14(4)16(21(5,6)19-8-2)18-11-10-17-12-13(18)3/h13-17,20H,7-12H2,1-6H3. The minimum Gasteiger partial charge on any atom is -0.416 e. The lowest BCUT2D eigenvalue weighted by Crippen LogP contribution is -2.65. The Kier molecular flexibility index (Phi) is 8.28. The van der Waals surface area contributed by atoms with Crippen LogP contribution in [0.25, 0.3) is 0 Å². The van der Waals surface area contributed by atoms with Crippen molar-refractivity contribution in [2.24, 2.45) is 5.92 Å². The van der Waals surface area contributed by atoms with Gasteiger partial charge < -0.3 is 9.74 Å². The summed E-state index contributed by atoms with van der Waals surface area (Å²) >= 11 is 4.92. The fourth-order valence-electron chi connectivity index (χ4n) is 3.83. The highest BCUT2D eigenvalue weighted by molar-refractivity contribution is 7.81. The summed E-state index contributed by atoms with van der Waals surface area (Å²) in [5.74, 6) is 0.571. The van der Waals surface area contributed by atoms with E-state index < -0.39 is 8.32 Å². The van der Waals surface area contributed by atoms with Gasteiger partial charge in [0.25, 0.3) is 0 Å². The van der Waals surface area contributed by atoms with Gasteiger partial charge in [-0.2, -0.15) is 12.6 Å². The van der Waals surface area contributed by atoms with Crippen LogP contribution in [0.15, 0.2) is 0 Å². The van der Waals surface area contributed by atoms with E-state index in [9.17, 15) is 0 Å². The molecule has 1 fully saturated rings. The number of hydrogen-bond donors (Lipinski definition) is 2. The van der Waals surface area contributed by atoms with Gasteiger partial charge in [0.1, 0.15) is 0 Å². The summed E-state index contributed by atoms with van der Waals surface area (Å²) in [5, 5.41) is 3.98. The molecule has 0 spiro atoms. The van der Waals surface area contributed by atoms with E-state index in [4.69, 9.17) is 17.1 Å². The van der Waals surface area contributed by atoms with E-state index in [1.165, 1.54) is 12.8 Å². The Balaban J connectivity index is 2.98. The third-order valence-corrected chi connectivity index (χ3v) is 8.87. The zero-order valence-electron chi connectivity index (χ0n) is 14.9. The molecule has 0 bridgehead atoms. The molecule has 1 saturated heterocycles. The molecular formula is C16H36N2OSSi. The largest absolute Gasteiger partial charge is 0.416 e. The Labute approximate surface area is 138 Å². The monoisotopic (exact) mass is 332 g/mol. The second-order valence-corrected chi connectivity index (χ2v) is 11.7. The van der Waals surface area contributed by atoms with Gasteiger partial charge in [-0.1, -0.05) is 20.3 Å². The molecule has 0 amide bonds. The maximum absolute atomic E-state index is 6.29. The van der Waals surface area contributed by atoms with Crippen LogP contribution >= 0.6 is 12.6 Å². The molecule has 1 aliphatic heterocycles. The lowest BCUT2D eigenvalue weighted by atomic mass is 10.0.